The molecular weight excluding hydrogens is 282 g/mol. The van der Waals surface area contributed by atoms with E-state index in [0.717, 1.165) is 24.8 Å². The van der Waals surface area contributed by atoms with Gasteiger partial charge < -0.3 is 0 Å². The Labute approximate surface area is 128 Å². The Balaban J connectivity index is 2.08. The lowest BCUT2D eigenvalue weighted by atomic mass is 9.72. The average Bonchev–Trinajstić information content (AvgIpc) is 2.47. The zero-order valence-electron chi connectivity index (χ0n) is 12.8. The maximum Gasteiger partial charge on any atom is 0.240 e. The van der Waals surface area contributed by atoms with Crippen LogP contribution in [0.1, 0.15) is 44.1 Å². The number of sulfonamides is 1. The number of hydrogen-bond acceptors (Lipinski definition) is 2. The van der Waals surface area contributed by atoms with Crippen molar-refractivity contribution < 1.29 is 8.42 Å². The SMILES string of the molecule is C=CCC1(CNS(=O)(=O)c2ccc(C)cc2)CCCCC1. The molecule has 1 N–H and O–H groups in total. The summed E-state index contributed by atoms with van der Waals surface area (Å²) in [6, 6.07) is 6.99. The van der Waals surface area contributed by atoms with Gasteiger partial charge in [-0.1, -0.05) is 43.0 Å². The van der Waals surface area contributed by atoms with Gasteiger partial charge in [0.1, 0.15) is 0 Å². The van der Waals surface area contributed by atoms with Crippen LogP contribution >= 0.6 is 0 Å². The molecule has 2 rings (SSSR count). The Morgan fingerprint density at radius 1 is 1.19 bits per heavy atom. The number of rotatable bonds is 6. The van der Waals surface area contributed by atoms with Crippen LogP contribution in [0.3, 0.4) is 0 Å². The van der Waals surface area contributed by atoms with Crippen LogP contribution in [-0.4, -0.2) is 15.0 Å². The van der Waals surface area contributed by atoms with Gasteiger partial charge in [-0.15, -0.1) is 6.58 Å². The molecule has 1 saturated carbocycles. The van der Waals surface area contributed by atoms with E-state index in [1.165, 1.54) is 19.3 Å². The first-order valence-electron chi connectivity index (χ1n) is 7.65. The Morgan fingerprint density at radius 3 is 2.38 bits per heavy atom. The Bertz CT molecular complexity index is 569. The van der Waals surface area contributed by atoms with Crippen LogP contribution in [-0.2, 0) is 10.0 Å². The summed E-state index contributed by atoms with van der Waals surface area (Å²) >= 11 is 0. The molecule has 0 amide bonds. The van der Waals surface area contributed by atoms with Gasteiger partial charge in [0.25, 0.3) is 0 Å². The summed E-state index contributed by atoms with van der Waals surface area (Å²) in [5.74, 6) is 0. The molecule has 0 radical (unpaired) electrons. The van der Waals surface area contributed by atoms with Gasteiger partial charge in [0, 0.05) is 6.54 Å². The average molecular weight is 307 g/mol. The van der Waals surface area contributed by atoms with Gasteiger partial charge in [0.2, 0.25) is 10.0 Å². The van der Waals surface area contributed by atoms with Gasteiger partial charge in [-0.3, -0.25) is 0 Å². The smallest absolute Gasteiger partial charge is 0.211 e. The first-order chi connectivity index (χ1) is 9.97. The summed E-state index contributed by atoms with van der Waals surface area (Å²) < 4.78 is 27.6. The summed E-state index contributed by atoms with van der Waals surface area (Å²) in [5.41, 5.74) is 1.11. The number of aryl methyl sites for hydroxylation is 1. The number of nitrogens with one attached hydrogen (secondary N) is 1. The summed E-state index contributed by atoms with van der Waals surface area (Å²) in [5, 5.41) is 0. The topological polar surface area (TPSA) is 46.2 Å². The number of benzene rings is 1. The molecule has 0 bridgehead atoms. The van der Waals surface area contributed by atoms with Crippen molar-refractivity contribution in [2.45, 2.75) is 50.3 Å². The van der Waals surface area contributed by atoms with Crippen molar-refractivity contribution in [2.75, 3.05) is 6.54 Å². The van der Waals surface area contributed by atoms with Crippen molar-refractivity contribution in [3.63, 3.8) is 0 Å². The fourth-order valence-corrected chi connectivity index (χ4v) is 4.27. The zero-order chi connectivity index (χ0) is 15.3. The monoisotopic (exact) mass is 307 g/mol. The minimum atomic E-state index is -3.42. The third kappa shape index (κ3) is 4.17. The molecule has 1 aliphatic rings. The van der Waals surface area contributed by atoms with E-state index in [1.54, 1.807) is 12.1 Å². The molecule has 0 saturated heterocycles. The van der Waals surface area contributed by atoms with Crippen LogP contribution in [0.2, 0.25) is 0 Å². The molecule has 0 aromatic heterocycles. The van der Waals surface area contributed by atoms with Gasteiger partial charge in [-0.25, -0.2) is 13.1 Å². The molecule has 0 unspecified atom stereocenters. The van der Waals surface area contributed by atoms with Crippen molar-refractivity contribution in [3.05, 3.63) is 42.5 Å². The van der Waals surface area contributed by atoms with Crippen LogP contribution in [0, 0.1) is 12.3 Å². The molecule has 1 fully saturated rings. The van der Waals surface area contributed by atoms with Gasteiger partial charge in [0.05, 0.1) is 4.90 Å². The van der Waals surface area contributed by atoms with Crippen LogP contribution in [0.25, 0.3) is 0 Å². The van der Waals surface area contributed by atoms with Crippen LogP contribution in [0.15, 0.2) is 41.8 Å². The Kier molecular flexibility index (Phi) is 5.22. The van der Waals surface area contributed by atoms with Crippen molar-refractivity contribution in [3.8, 4) is 0 Å². The quantitative estimate of drug-likeness (QED) is 0.813. The number of allylic oxidation sites excluding steroid dienone is 1. The molecule has 116 valence electrons. The van der Waals surface area contributed by atoms with E-state index in [1.807, 2.05) is 25.1 Å². The van der Waals surface area contributed by atoms with Crippen LogP contribution < -0.4 is 4.72 Å². The van der Waals surface area contributed by atoms with Gasteiger partial charge in [-0.05, 0) is 43.7 Å². The van der Waals surface area contributed by atoms with E-state index in [2.05, 4.69) is 11.3 Å². The van der Waals surface area contributed by atoms with E-state index in [9.17, 15) is 8.42 Å². The van der Waals surface area contributed by atoms with Gasteiger partial charge in [-0.2, -0.15) is 0 Å². The van der Waals surface area contributed by atoms with E-state index in [4.69, 9.17) is 0 Å². The molecule has 3 nitrogen and oxygen atoms in total. The highest BCUT2D eigenvalue weighted by molar-refractivity contribution is 7.89. The largest absolute Gasteiger partial charge is 0.240 e. The molecule has 1 aromatic rings. The molecule has 0 atom stereocenters. The van der Waals surface area contributed by atoms with Crippen LogP contribution in [0.5, 0.6) is 0 Å². The highest BCUT2D eigenvalue weighted by Gasteiger charge is 2.32. The molecular formula is C17H25NO2S. The first kappa shape index (κ1) is 16.2. The lowest BCUT2D eigenvalue weighted by molar-refractivity contribution is 0.195. The fourth-order valence-electron chi connectivity index (χ4n) is 3.11. The minimum absolute atomic E-state index is 0.0533. The minimum Gasteiger partial charge on any atom is -0.211 e. The van der Waals surface area contributed by atoms with Crippen molar-refractivity contribution in [1.82, 2.24) is 4.72 Å². The van der Waals surface area contributed by atoms with Gasteiger partial charge >= 0.3 is 0 Å². The molecule has 1 aromatic carbocycles. The molecule has 4 heteroatoms. The maximum absolute atomic E-state index is 12.4. The summed E-state index contributed by atoms with van der Waals surface area (Å²) in [7, 11) is -3.42. The lowest BCUT2D eigenvalue weighted by Crippen LogP contribution is -2.38. The Hall–Kier alpha value is -1.13. The molecule has 21 heavy (non-hydrogen) atoms. The predicted octanol–water partition coefficient (Wildman–Crippen LogP) is 3.80. The highest BCUT2D eigenvalue weighted by atomic mass is 32.2. The van der Waals surface area contributed by atoms with Crippen molar-refractivity contribution >= 4 is 10.0 Å². The van der Waals surface area contributed by atoms with Gasteiger partial charge in [0.15, 0.2) is 0 Å². The van der Waals surface area contributed by atoms with E-state index >= 15 is 0 Å². The summed E-state index contributed by atoms with van der Waals surface area (Å²) in [4.78, 5) is 0.345. The van der Waals surface area contributed by atoms with E-state index < -0.39 is 10.0 Å². The zero-order valence-corrected chi connectivity index (χ0v) is 13.6. The second-order valence-corrected chi connectivity index (χ2v) is 7.96. The fraction of sp³-hybridized carbons (Fsp3) is 0.529. The highest BCUT2D eigenvalue weighted by Crippen LogP contribution is 2.39. The van der Waals surface area contributed by atoms with Crippen molar-refractivity contribution in [2.24, 2.45) is 5.41 Å². The second-order valence-electron chi connectivity index (χ2n) is 6.19. The second kappa shape index (κ2) is 6.75. The number of hydrogen-bond donors (Lipinski definition) is 1. The Morgan fingerprint density at radius 2 is 1.81 bits per heavy atom. The third-order valence-corrected chi connectivity index (χ3v) is 5.88. The first-order valence-corrected chi connectivity index (χ1v) is 9.13. The lowest BCUT2D eigenvalue weighted by Gasteiger charge is -2.36. The third-order valence-electron chi connectivity index (χ3n) is 4.46. The molecule has 1 aliphatic carbocycles. The summed E-state index contributed by atoms with van der Waals surface area (Å²) in [6.45, 7) is 6.29. The molecule has 0 heterocycles. The molecule has 0 aliphatic heterocycles. The van der Waals surface area contributed by atoms with Crippen LogP contribution in [0.4, 0.5) is 0 Å². The predicted molar refractivity (Wildman–Crippen MR) is 86.7 cm³/mol. The van der Waals surface area contributed by atoms with Crippen molar-refractivity contribution in [1.29, 1.82) is 0 Å². The maximum atomic E-state index is 12.4. The van der Waals surface area contributed by atoms with E-state index in [0.29, 0.717) is 11.4 Å². The van der Waals surface area contributed by atoms with E-state index in [-0.39, 0.29) is 5.41 Å². The normalized spacial score (nSPS) is 18.3. The summed E-state index contributed by atoms with van der Waals surface area (Å²) in [6.07, 6.45) is 8.57. The molecule has 0 spiro atoms. The standard InChI is InChI=1S/C17H25NO2S/c1-3-11-17(12-5-4-6-13-17)14-18-21(19,20)16-9-7-15(2)8-10-16/h3,7-10,18H,1,4-6,11-14H2,2H3.